The zero-order chi connectivity index (χ0) is 29.5. The number of phenolic OH excluding ortho intramolecular Hbond substituents is 1. The summed E-state index contributed by atoms with van der Waals surface area (Å²) in [6.07, 6.45) is -0.366. The number of phenols is 1. The van der Waals surface area contributed by atoms with Gasteiger partial charge in [0.15, 0.2) is 5.96 Å². The van der Waals surface area contributed by atoms with Crippen LogP contribution in [-0.2, 0) is 30.4 Å². The smallest absolute Gasteiger partial charge is 0.327 e. The number of carboxylic acid groups (broad SMARTS) is 2. The normalized spacial score (nSPS) is 13.7. The second-order valence-electron chi connectivity index (χ2n) is 8.56. The summed E-state index contributed by atoms with van der Waals surface area (Å²) < 4.78 is 0. The molecule has 0 fully saturated rings. The number of aliphatic carboxylic acids is 2. The first-order valence-corrected chi connectivity index (χ1v) is 12.5. The Hall–Kier alpha value is -4.05. The Bertz CT molecular complexity index is 1030. The van der Waals surface area contributed by atoms with Gasteiger partial charge in [-0.15, -0.1) is 0 Å². The number of rotatable bonds is 17. The van der Waals surface area contributed by atoms with E-state index in [-0.39, 0.29) is 43.3 Å². The summed E-state index contributed by atoms with van der Waals surface area (Å²) >= 11 is 3.91. The molecule has 3 amide bonds. The molecule has 0 aliphatic carbocycles. The predicted molar refractivity (Wildman–Crippen MR) is 144 cm³/mol. The van der Waals surface area contributed by atoms with Crippen molar-refractivity contribution in [2.45, 2.75) is 56.3 Å². The molecular weight excluding hydrogens is 534 g/mol. The van der Waals surface area contributed by atoms with Gasteiger partial charge < -0.3 is 48.5 Å². The van der Waals surface area contributed by atoms with Crippen molar-refractivity contribution >= 4 is 48.2 Å². The van der Waals surface area contributed by atoms with E-state index in [9.17, 15) is 34.2 Å². The Kier molecular flexibility index (Phi) is 14.1. The number of hydrogen-bond donors (Lipinski definition) is 10. The van der Waals surface area contributed by atoms with Crippen molar-refractivity contribution in [3.8, 4) is 5.75 Å². The number of nitrogens with one attached hydrogen (secondary N) is 3. The molecule has 0 bridgehead atoms. The van der Waals surface area contributed by atoms with Crippen LogP contribution in [0.15, 0.2) is 29.3 Å². The monoisotopic (exact) mass is 569 g/mol. The van der Waals surface area contributed by atoms with Crippen LogP contribution in [0.3, 0.4) is 0 Å². The Morgan fingerprint density at radius 1 is 0.872 bits per heavy atom. The summed E-state index contributed by atoms with van der Waals surface area (Å²) in [5.41, 5.74) is 16.9. The summed E-state index contributed by atoms with van der Waals surface area (Å²) in [6, 6.07) is 0.644. The molecule has 0 saturated carbocycles. The minimum absolute atomic E-state index is 0.0316. The number of hydrogen-bond acceptors (Lipinski definition) is 9. The van der Waals surface area contributed by atoms with Gasteiger partial charge in [-0.05, 0) is 37.0 Å². The number of carboxylic acids is 2. The van der Waals surface area contributed by atoms with Crippen molar-refractivity contribution in [3.63, 3.8) is 0 Å². The number of aliphatic imine (C=N–C) groups is 1. The topological polar surface area (TPSA) is 273 Å². The molecule has 0 aliphatic rings. The molecule has 1 rings (SSSR count). The number of aromatic hydroxyl groups is 1. The summed E-state index contributed by atoms with van der Waals surface area (Å²) in [5, 5.41) is 35.0. The van der Waals surface area contributed by atoms with Crippen LogP contribution >= 0.6 is 12.6 Å². The van der Waals surface area contributed by atoms with Gasteiger partial charge in [-0.2, -0.15) is 12.6 Å². The second kappa shape index (κ2) is 16.7. The molecule has 0 saturated heterocycles. The van der Waals surface area contributed by atoms with Crippen LogP contribution in [-0.4, -0.2) is 87.4 Å². The molecule has 16 heteroatoms. The lowest BCUT2D eigenvalue weighted by Gasteiger charge is -2.25. The number of nitrogens with zero attached hydrogens (tertiary/aromatic N) is 1. The van der Waals surface area contributed by atoms with Crippen molar-refractivity contribution in [2.24, 2.45) is 22.2 Å². The third-order valence-corrected chi connectivity index (χ3v) is 5.76. The summed E-state index contributed by atoms with van der Waals surface area (Å²) in [6.45, 7) is 0.226. The molecule has 12 N–H and O–H groups in total. The fraction of sp³-hybridized carbons (Fsp3) is 0.478. The highest BCUT2D eigenvalue weighted by molar-refractivity contribution is 7.80. The molecule has 4 atom stereocenters. The maximum atomic E-state index is 13.1. The largest absolute Gasteiger partial charge is 0.508 e. The Morgan fingerprint density at radius 2 is 1.44 bits per heavy atom. The first-order chi connectivity index (χ1) is 18.3. The molecule has 1 aromatic carbocycles. The Balaban J connectivity index is 3.07. The Labute approximate surface area is 230 Å². The van der Waals surface area contributed by atoms with E-state index < -0.39 is 60.2 Å². The maximum absolute atomic E-state index is 13.1. The van der Waals surface area contributed by atoms with Crippen LogP contribution in [0.5, 0.6) is 5.75 Å². The van der Waals surface area contributed by atoms with E-state index in [1.165, 1.54) is 24.3 Å². The molecular formula is C23H35N7O8S. The second-order valence-corrected chi connectivity index (χ2v) is 8.93. The van der Waals surface area contributed by atoms with Crippen molar-refractivity contribution in [1.29, 1.82) is 0 Å². The summed E-state index contributed by atoms with van der Waals surface area (Å²) in [7, 11) is 0. The number of amides is 3. The van der Waals surface area contributed by atoms with Gasteiger partial charge in [0.1, 0.15) is 23.9 Å². The average molecular weight is 570 g/mol. The molecule has 39 heavy (non-hydrogen) atoms. The van der Waals surface area contributed by atoms with Gasteiger partial charge in [-0.25, -0.2) is 4.79 Å². The van der Waals surface area contributed by atoms with Gasteiger partial charge in [-0.1, -0.05) is 12.1 Å². The van der Waals surface area contributed by atoms with Crippen molar-refractivity contribution in [1.82, 2.24) is 16.0 Å². The quantitative estimate of drug-likeness (QED) is 0.0410. The van der Waals surface area contributed by atoms with Gasteiger partial charge in [-0.3, -0.25) is 24.2 Å². The third kappa shape index (κ3) is 12.8. The lowest BCUT2D eigenvalue weighted by molar-refractivity contribution is -0.141. The SMILES string of the molecule is NC(N)=NCCCC(N)C(=O)NC(CCC(=O)O)C(=O)NC(Cc1ccc(O)cc1)C(=O)NC(CS)C(=O)O. The van der Waals surface area contributed by atoms with Crippen molar-refractivity contribution < 1.29 is 39.3 Å². The number of nitrogens with two attached hydrogens (primary N) is 3. The molecule has 0 aromatic heterocycles. The van der Waals surface area contributed by atoms with E-state index in [1.807, 2.05) is 0 Å². The highest BCUT2D eigenvalue weighted by Gasteiger charge is 2.30. The van der Waals surface area contributed by atoms with Crippen LogP contribution in [0, 0.1) is 0 Å². The highest BCUT2D eigenvalue weighted by Crippen LogP contribution is 2.12. The molecule has 15 nitrogen and oxygen atoms in total. The fourth-order valence-electron chi connectivity index (χ4n) is 3.27. The van der Waals surface area contributed by atoms with E-state index >= 15 is 0 Å². The van der Waals surface area contributed by atoms with Crippen LogP contribution in [0.1, 0.15) is 31.2 Å². The molecule has 0 radical (unpaired) electrons. The fourth-order valence-corrected chi connectivity index (χ4v) is 3.52. The lowest BCUT2D eigenvalue weighted by atomic mass is 10.0. The predicted octanol–water partition coefficient (Wildman–Crippen LogP) is -2.35. The van der Waals surface area contributed by atoms with E-state index in [0.29, 0.717) is 12.0 Å². The summed E-state index contributed by atoms with van der Waals surface area (Å²) in [4.78, 5) is 65.0. The number of thiol groups is 1. The van der Waals surface area contributed by atoms with Crippen molar-refractivity contribution in [3.05, 3.63) is 29.8 Å². The van der Waals surface area contributed by atoms with Crippen LogP contribution < -0.4 is 33.2 Å². The van der Waals surface area contributed by atoms with Crippen molar-refractivity contribution in [2.75, 3.05) is 12.3 Å². The lowest BCUT2D eigenvalue weighted by Crippen LogP contribution is -2.57. The van der Waals surface area contributed by atoms with Gasteiger partial charge in [0.25, 0.3) is 0 Å². The standard InChI is InChI=1S/C23H35N7O8S/c24-14(2-1-9-27-23(25)26)19(34)28-15(7-8-18(32)33)20(35)29-16(10-12-3-5-13(31)6-4-12)21(36)30-17(11-39)22(37)38/h3-6,14-17,31,39H,1-2,7-11,24H2,(H,28,34)(H,29,35)(H,30,36)(H,32,33)(H,37,38)(H4,25,26,27). The van der Waals surface area contributed by atoms with E-state index in [0.717, 1.165) is 0 Å². The first kappa shape index (κ1) is 33.0. The molecule has 216 valence electrons. The first-order valence-electron chi connectivity index (χ1n) is 11.9. The molecule has 0 aliphatic heterocycles. The number of carbonyl (C=O) groups excluding carboxylic acids is 3. The van der Waals surface area contributed by atoms with E-state index in [2.05, 4.69) is 33.6 Å². The number of carbonyl (C=O) groups is 5. The number of benzene rings is 1. The van der Waals surface area contributed by atoms with Crippen LogP contribution in [0.2, 0.25) is 0 Å². The number of guanidine groups is 1. The zero-order valence-electron chi connectivity index (χ0n) is 21.1. The van der Waals surface area contributed by atoms with E-state index in [4.69, 9.17) is 22.3 Å². The van der Waals surface area contributed by atoms with Gasteiger partial charge in [0.2, 0.25) is 17.7 Å². The van der Waals surface area contributed by atoms with Gasteiger partial charge >= 0.3 is 11.9 Å². The average Bonchev–Trinajstić information content (AvgIpc) is 2.87. The van der Waals surface area contributed by atoms with Crippen LogP contribution in [0.4, 0.5) is 0 Å². The molecule has 4 unspecified atom stereocenters. The minimum Gasteiger partial charge on any atom is -0.508 e. The Morgan fingerprint density at radius 3 is 1.97 bits per heavy atom. The highest BCUT2D eigenvalue weighted by atomic mass is 32.1. The van der Waals surface area contributed by atoms with Gasteiger partial charge in [0, 0.05) is 25.1 Å². The third-order valence-electron chi connectivity index (χ3n) is 5.39. The minimum atomic E-state index is -1.37. The maximum Gasteiger partial charge on any atom is 0.327 e. The summed E-state index contributed by atoms with van der Waals surface area (Å²) in [5.74, 6) is -5.39. The molecule has 1 aromatic rings. The molecule has 0 heterocycles. The van der Waals surface area contributed by atoms with Gasteiger partial charge in [0.05, 0.1) is 6.04 Å². The molecule has 0 spiro atoms. The zero-order valence-corrected chi connectivity index (χ0v) is 22.0. The van der Waals surface area contributed by atoms with E-state index in [1.54, 1.807) is 0 Å². The van der Waals surface area contributed by atoms with Crippen LogP contribution in [0.25, 0.3) is 0 Å².